The van der Waals surface area contributed by atoms with E-state index in [9.17, 15) is 9.90 Å². The molecule has 2 atom stereocenters. The topological polar surface area (TPSA) is 92.1 Å². The van der Waals surface area contributed by atoms with Gasteiger partial charge in [-0.05, 0) is 74.2 Å². The summed E-state index contributed by atoms with van der Waals surface area (Å²) in [5.41, 5.74) is 1.06. The maximum atomic E-state index is 13.0. The van der Waals surface area contributed by atoms with E-state index < -0.39 is 0 Å². The number of pyridine rings is 3. The third-order valence-electron chi connectivity index (χ3n) is 5.61. The van der Waals surface area contributed by atoms with Crippen LogP contribution in [0.2, 0.25) is 0 Å². The van der Waals surface area contributed by atoms with E-state index in [1.54, 1.807) is 10.8 Å². The molecule has 0 radical (unpaired) electrons. The number of aromatic nitrogens is 3. The summed E-state index contributed by atoms with van der Waals surface area (Å²) in [7, 11) is 0. The lowest BCUT2D eigenvalue weighted by molar-refractivity contribution is 0.229. The zero-order valence-corrected chi connectivity index (χ0v) is 16.9. The van der Waals surface area contributed by atoms with E-state index in [4.69, 9.17) is 4.98 Å². The highest BCUT2D eigenvalue weighted by Crippen LogP contribution is 2.30. The summed E-state index contributed by atoms with van der Waals surface area (Å²) >= 11 is 0. The van der Waals surface area contributed by atoms with E-state index in [2.05, 4.69) is 15.6 Å². The van der Waals surface area contributed by atoms with Gasteiger partial charge in [-0.1, -0.05) is 0 Å². The van der Waals surface area contributed by atoms with Crippen molar-refractivity contribution < 1.29 is 5.11 Å². The van der Waals surface area contributed by atoms with E-state index in [-0.39, 0.29) is 18.2 Å². The van der Waals surface area contributed by atoms with Gasteiger partial charge >= 0.3 is 0 Å². The van der Waals surface area contributed by atoms with Crippen LogP contribution < -0.4 is 16.2 Å². The van der Waals surface area contributed by atoms with Crippen LogP contribution in [-0.4, -0.2) is 32.3 Å². The molecule has 0 amide bonds. The second kappa shape index (κ2) is 8.21. The molecule has 1 aliphatic carbocycles. The van der Waals surface area contributed by atoms with Crippen molar-refractivity contribution >= 4 is 28.2 Å². The summed E-state index contributed by atoms with van der Waals surface area (Å²) in [6, 6.07) is 7.93. The first-order valence-corrected chi connectivity index (χ1v) is 10.2. The van der Waals surface area contributed by atoms with Crippen LogP contribution in [0.1, 0.15) is 31.7 Å². The van der Waals surface area contributed by atoms with Crippen LogP contribution in [-0.2, 0) is 6.54 Å². The number of nitrogens with one attached hydrogen (secondary N) is 2. The lowest BCUT2D eigenvalue weighted by Gasteiger charge is -2.17. The van der Waals surface area contributed by atoms with Gasteiger partial charge in [-0.25, -0.2) is 9.97 Å². The fourth-order valence-electron chi connectivity index (χ4n) is 4.02. The maximum Gasteiger partial charge on any atom is 0.262 e. The van der Waals surface area contributed by atoms with E-state index in [1.807, 2.05) is 44.3 Å². The first-order valence-electron chi connectivity index (χ1n) is 10.2. The molecule has 3 aromatic heterocycles. The predicted octanol–water partition coefficient (Wildman–Crippen LogP) is 3.44. The Labute approximate surface area is 169 Å². The Hall–Kier alpha value is -2.93. The molecular weight excluding hydrogens is 366 g/mol. The monoisotopic (exact) mass is 393 g/mol. The second-order valence-corrected chi connectivity index (χ2v) is 7.77. The molecule has 1 saturated carbocycles. The van der Waals surface area contributed by atoms with Crippen LogP contribution in [0.15, 0.2) is 41.5 Å². The maximum absolute atomic E-state index is 13.0. The Kier molecular flexibility index (Phi) is 5.49. The standard InChI is InChI=1S/C22H27N5O2/c1-3-27-9-7-16-12-19(25-18-10-14(2)6-8-23-18)26-21(20(16)22(27)29)24-17-5-4-15(11-17)13-28/h6-10,12,15,17,28H,3-5,11,13H2,1-2H3,(H2,23,24,25,26)/t15-,17+/m0/s1. The van der Waals surface area contributed by atoms with E-state index in [1.165, 1.54) is 0 Å². The molecule has 1 fully saturated rings. The smallest absolute Gasteiger partial charge is 0.262 e. The number of rotatable bonds is 6. The van der Waals surface area contributed by atoms with Crippen molar-refractivity contribution in [1.82, 2.24) is 14.5 Å². The van der Waals surface area contributed by atoms with Gasteiger partial charge in [0, 0.05) is 31.6 Å². The van der Waals surface area contributed by atoms with Gasteiger partial charge in [-0.15, -0.1) is 0 Å². The van der Waals surface area contributed by atoms with Crippen molar-refractivity contribution in [2.75, 3.05) is 17.2 Å². The minimum absolute atomic E-state index is 0.0445. The Morgan fingerprint density at radius 2 is 2.10 bits per heavy atom. The minimum Gasteiger partial charge on any atom is -0.396 e. The Bertz CT molecular complexity index is 1080. The van der Waals surface area contributed by atoms with Crippen LogP contribution in [0.3, 0.4) is 0 Å². The molecule has 1 aliphatic rings. The van der Waals surface area contributed by atoms with Crippen LogP contribution in [0.5, 0.6) is 0 Å². The molecule has 0 unspecified atom stereocenters. The zero-order valence-electron chi connectivity index (χ0n) is 16.9. The van der Waals surface area contributed by atoms with Gasteiger partial charge in [0.2, 0.25) is 0 Å². The normalized spacial score (nSPS) is 18.9. The fraction of sp³-hybridized carbons (Fsp3) is 0.409. The average Bonchev–Trinajstić information content (AvgIpc) is 3.16. The lowest BCUT2D eigenvalue weighted by atomic mass is 10.1. The van der Waals surface area contributed by atoms with Crippen molar-refractivity contribution in [3.05, 3.63) is 52.6 Å². The number of hydrogen-bond donors (Lipinski definition) is 3. The van der Waals surface area contributed by atoms with Crippen molar-refractivity contribution in [3.63, 3.8) is 0 Å². The minimum atomic E-state index is -0.0445. The summed E-state index contributed by atoms with van der Waals surface area (Å²) in [6.07, 6.45) is 6.40. The quantitative estimate of drug-likeness (QED) is 0.594. The highest BCUT2D eigenvalue weighted by Gasteiger charge is 2.25. The number of fused-ring (bicyclic) bond motifs is 1. The molecular formula is C22H27N5O2. The van der Waals surface area contributed by atoms with Gasteiger partial charge in [-0.3, -0.25) is 4.79 Å². The molecule has 3 heterocycles. The third-order valence-corrected chi connectivity index (χ3v) is 5.61. The van der Waals surface area contributed by atoms with Crippen LogP contribution in [0.4, 0.5) is 17.5 Å². The summed E-state index contributed by atoms with van der Waals surface area (Å²) in [4.78, 5) is 22.1. The van der Waals surface area contributed by atoms with Crippen molar-refractivity contribution in [2.24, 2.45) is 5.92 Å². The highest BCUT2D eigenvalue weighted by atomic mass is 16.3. The number of aliphatic hydroxyl groups is 1. The van der Waals surface area contributed by atoms with Crippen molar-refractivity contribution in [3.8, 4) is 0 Å². The molecule has 7 nitrogen and oxygen atoms in total. The number of aryl methyl sites for hydroxylation is 2. The van der Waals surface area contributed by atoms with Gasteiger partial charge in [0.25, 0.3) is 5.56 Å². The summed E-state index contributed by atoms with van der Waals surface area (Å²) in [5, 5.41) is 17.6. The van der Waals surface area contributed by atoms with Crippen molar-refractivity contribution in [2.45, 2.75) is 45.7 Å². The van der Waals surface area contributed by atoms with Gasteiger partial charge in [-0.2, -0.15) is 0 Å². The zero-order chi connectivity index (χ0) is 20.4. The molecule has 4 rings (SSSR count). The molecule has 3 N–H and O–H groups in total. The first kappa shape index (κ1) is 19.4. The van der Waals surface area contributed by atoms with Crippen LogP contribution in [0.25, 0.3) is 10.8 Å². The SMILES string of the molecule is CCn1ccc2cc(Nc3cc(C)ccn3)nc(N[C@@H]3CC[C@H](CO)C3)c2c1=O. The van der Waals surface area contributed by atoms with Gasteiger partial charge in [0.1, 0.15) is 17.5 Å². The van der Waals surface area contributed by atoms with Crippen LogP contribution in [0, 0.1) is 12.8 Å². The lowest BCUT2D eigenvalue weighted by Crippen LogP contribution is -2.23. The number of anilines is 3. The summed E-state index contributed by atoms with van der Waals surface area (Å²) in [5.74, 6) is 2.26. The Balaban J connectivity index is 1.75. The first-order chi connectivity index (χ1) is 14.1. The number of hydrogen-bond acceptors (Lipinski definition) is 6. The molecule has 3 aromatic rings. The Morgan fingerprint density at radius 1 is 1.24 bits per heavy atom. The summed E-state index contributed by atoms with van der Waals surface area (Å²) < 4.78 is 1.69. The molecule has 152 valence electrons. The fourth-order valence-corrected chi connectivity index (χ4v) is 4.02. The largest absolute Gasteiger partial charge is 0.396 e. The number of aliphatic hydroxyl groups excluding tert-OH is 1. The molecule has 0 spiro atoms. The molecule has 0 bridgehead atoms. The van der Waals surface area contributed by atoms with E-state index >= 15 is 0 Å². The molecule has 0 aromatic carbocycles. The van der Waals surface area contributed by atoms with E-state index in [0.717, 1.165) is 30.2 Å². The third kappa shape index (κ3) is 4.10. The average molecular weight is 393 g/mol. The van der Waals surface area contributed by atoms with Gasteiger partial charge in [0.15, 0.2) is 0 Å². The highest BCUT2D eigenvalue weighted by molar-refractivity contribution is 5.93. The van der Waals surface area contributed by atoms with Gasteiger partial charge < -0.3 is 20.3 Å². The molecule has 29 heavy (non-hydrogen) atoms. The Morgan fingerprint density at radius 3 is 2.83 bits per heavy atom. The molecule has 0 saturated heterocycles. The molecule has 0 aliphatic heterocycles. The van der Waals surface area contributed by atoms with Crippen molar-refractivity contribution in [1.29, 1.82) is 0 Å². The van der Waals surface area contributed by atoms with Crippen LogP contribution >= 0.6 is 0 Å². The van der Waals surface area contributed by atoms with Gasteiger partial charge in [0.05, 0.1) is 5.39 Å². The molecule has 7 heteroatoms. The predicted molar refractivity (Wildman–Crippen MR) is 116 cm³/mol. The van der Waals surface area contributed by atoms with E-state index in [0.29, 0.717) is 35.3 Å². The number of nitrogens with zero attached hydrogens (tertiary/aromatic N) is 3. The second-order valence-electron chi connectivity index (χ2n) is 7.77. The summed E-state index contributed by atoms with van der Waals surface area (Å²) in [6.45, 7) is 4.78.